The fraction of sp³-hybridized carbons (Fsp3) is 0.294. The Hall–Kier alpha value is -2.20. The van der Waals surface area contributed by atoms with Crippen LogP contribution in [0.2, 0.25) is 0 Å². The van der Waals surface area contributed by atoms with Gasteiger partial charge in [0, 0.05) is 19.3 Å². The first-order valence-electron chi connectivity index (χ1n) is 7.35. The van der Waals surface area contributed by atoms with E-state index in [-0.39, 0.29) is 0 Å². The maximum Gasteiger partial charge on any atom is 0.159 e. The number of nitrogens with zero attached hydrogens (tertiary/aromatic N) is 3. The van der Waals surface area contributed by atoms with Crippen molar-refractivity contribution < 1.29 is 0 Å². The monoisotopic (exact) mass is 280 g/mol. The van der Waals surface area contributed by atoms with Gasteiger partial charge in [0.15, 0.2) is 5.82 Å². The van der Waals surface area contributed by atoms with Crippen molar-refractivity contribution in [1.82, 2.24) is 14.5 Å². The number of benzene rings is 1. The first-order valence-corrected chi connectivity index (χ1v) is 7.35. The van der Waals surface area contributed by atoms with Gasteiger partial charge in [0.25, 0.3) is 0 Å². The Balaban J connectivity index is 2.17. The number of fused-ring (bicyclic) bond motifs is 1. The van der Waals surface area contributed by atoms with Gasteiger partial charge < -0.3 is 10.3 Å². The van der Waals surface area contributed by atoms with Crippen LogP contribution in [0.15, 0.2) is 36.5 Å². The maximum absolute atomic E-state index is 5.63. The van der Waals surface area contributed by atoms with Gasteiger partial charge in [-0.2, -0.15) is 0 Å². The van der Waals surface area contributed by atoms with Gasteiger partial charge in [0.2, 0.25) is 0 Å². The number of nitrogens with two attached hydrogens (primary N) is 1. The Kier molecular flexibility index (Phi) is 3.71. The number of imidazole rings is 1. The van der Waals surface area contributed by atoms with E-state index in [1.54, 1.807) is 0 Å². The molecular weight excluding hydrogens is 260 g/mol. The molecule has 3 rings (SSSR count). The van der Waals surface area contributed by atoms with E-state index >= 15 is 0 Å². The number of rotatable bonds is 4. The normalized spacial score (nSPS) is 11.2. The average molecular weight is 280 g/mol. The molecule has 1 aromatic carbocycles. The smallest absolute Gasteiger partial charge is 0.159 e. The molecule has 0 aliphatic carbocycles. The number of pyridine rings is 1. The molecule has 0 aliphatic rings. The molecule has 2 heterocycles. The molecule has 21 heavy (non-hydrogen) atoms. The summed E-state index contributed by atoms with van der Waals surface area (Å²) in [4.78, 5) is 9.30. The summed E-state index contributed by atoms with van der Waals surface area (Å²) in [5, 5.41) is 0. The molecular formula is C17H20N4. The van der Waals surface area contributed by atoms with Gasteiger partial charge in [-0.15, -0.1) is 0 Å². The second-order valence-electron chi connectivity index (χ2n) is 5.34. The number of hydrogen-bond acceptors (Lipinski definition) is 3. The van der Waals surface area contributed by atoms with E-state index in [1.165, 1.54) is 11.1 Å². The maximum atomic E-state index is 5.63. The molecule has 2 N–H and O–H groups in total. The second kappa shape index (κ2) is 5.66. The van der Waals surface area contributed by atoms with Crippen LogP contribution in [0, 0.1) is 6.92 Å². The topological polar surface area (TPSA) is 56.7 Å². The van der Waals surface area contributed by atoms with Gasteiger partial charge >= 0.3 is 0 Å². The zero-order valence-electron chi connectivity index (χ0n) is 12.5. The van der Waals surface area contributed by atoms with Crippen molar-refractivity contribution in [3.63, 3.8) is 0 Å². The van der Waals surface area contributed by atoms with Crippen LogP contribution < -0.4 is 5.73 Å². The SMILES string of the molecule is CCCn1c(-c2ccc(CN)cn2)nc2cc(C)ccc21. The summed E-state index contributed by atoms with van der Waals surface area (Å²) < 4.78 is 2.25. The molecule has 0 spiro atoms. The molecule has 0 saturated carbocycles. The van der Waals surface area contributed by atoms with Crippen LogP contribution in [0.3, 0.4) is 0 Å². The molecule has 108 valence electrons. The number of aromatic nitrogens is 3. The fourth-order valence-corrected chi connectivity index (χ4v) is 2.56. The van der Waals surface area contributed by atoms with Crippen LogP contribution in [0.4, 0.5) is 0 Å². The highest BCUT2D eigenvalue weighted by Crippen LogP contribution is 2.24. The molecule has 3 aromatic rings. The van der Waals surface area contributed by atoms with E-state index in [4.69, 9.17) is 10.7 Å². The van der Waals surface area contributed by atoms with Crippen molar-refractivity contribution in [2.75, 3.05) is 0 Å². The molecule has 0 fully saturated rings. The van der Waals surface area contributed by atoms with Crippen molar-refractivity contribution >= 4 is 11.0 Å². The minimum absolute atomic E-state index is 0.512. The molecule has 0 unspecified atom stereocenters. The summed E-state index contributed by atoms with van der Waals surface area (Å²) in [6.07, 6.45) is 2.89. The van der Waals surface area contributed by atoms with E-state index in [1.807, 2.05) is 18.3 Å². The minimum Gasteiger partial charge on any atom is -0.326 e. The van der Waals surface area contributed by atoms with Gasteiger partial charge in [-0.3, -0.25) is 4.98 Å². The predicted molar refractivity (Wildman–Crippen MR) is 85.9 cm³/mol. The van der Waals surface area contributed by atoms with Gasteiger partial charge in [-0.05, 0) is 42.7 Å². The lowest BCUT2D eigenvalue weighted by molar-refractivity contribution is 0.702. The van der Waals surface area contributed by atoms with Crippen LogP contribution >= 0.6 is 0 Å². The molecule has 0 saturated heterocycles. The molecule has 2 aromatic heterocycles. The molecule has 0 radical (unpaired) electrons. The van der Waals surface area contributed by atoms with Crippen molar-refractivity contribution in [2.45, 2.75) is 33.4 Å². The van der Waals surface area contributed by atoms with E-state index < -0.39 is 0 Å². The van der Waals surface area contributed by atoms with Gasteiger partial charge in [0.1, 0.15) is 5.69 Å². The molecule has 4 heteroatoms. The van der Waals surface area contributed by atoms with E-state index in [0.29, 0.717) is 6.54 Å². The lowest BCUT2D eigenvalue weighted by Gasteiger charge is -2.07. The highest BCUT2D eigenvalue weighted by Gasteiger charge is 2.13. The summed E-state index contributed by atoms with van der Waals surface area (Å²) in [6, 6.07) is 10.4. The van der Waals surface area contributed by atoms with Crippen LogP contribution in [0.25, 0.3) is 22.6 Å². The third kappa shape index (κ3) is 2.54. The molecule has 0 aliphatic heterocycles. The van der Waals surface area contributed by atoms with Crippen LogP contribution in [-0.4, -0.2) is 14.5 Å². The van der Waals surface area contributed by atoms with Crippen LogP contribution in [-0.2, 0) is 13.1 Å². The van der Waals surface area contributed by atoms with Crippen molar-refractivity contribution in [2.24, 2.45) is 5.73 Å². The lowest BCUT2D eigenvalue weighted by Crippen LogP contribution is -2.02. The van der Waals surface area contributed by atoms with Crippen molar-refractivity contribution in [3.8, 4) is 11.5 Å². The fourth-order valence-electron chi connectivity index (χ4n) is 2.56. The number of hydrogen-bond donors (Lipinski definition) is 1. The second-order valence-corrected chi connectivity index (χ2v) is 5.34. The molecule has 0 bridgehead atoms. The first kappa shape index (κ1) is 13.8. The standard InChI is InChI=1S/C17H20N4/c1-3-8-21-16-7-4-12(2)9-15(16)20-17(21)14-6-5-13(10-18)11-19-14/h4-7,9,11H,3,8,10,18H2,1-2H3. The summed E-state index contributed by atoms with van der Waals surface area (Å²) in [6.45, 7) is 5.72. The lowest BCUT2D eigenvalue weighted by atomic mass is 10.2. The zero-order valence-corrected chi connectivity index (χ0v) is 12.5. The molecule has 0 amide bonds. The Morgan fingerprint density at radius 2 is 2.05 bits per heavy atom. The van der Waals surface area contributed by atoms with Crippen LogP contribution in [0.5, 0.6) is 0 Å². The number of aryl methyl sites for hydroxylation is 2. The Morgan fingerprint density at radius 3 is 2.71 bits per heavy atom. The average Bonchev–Trinajstić information content (AvgIpc) is 2.85. The van der Waals surface area contributed by atoms with Crippen molar-refractivity contribution in [1.29, 1.82) is 0 Å². The quantitative estimate of drug-likeness (QED) is 0.798. The predicted octanol–water partition coefficient (Wildman–Crippen LogP) is 3.28. The largest absolute Gasteiger partial charge is 0.326 e. The van der Waals surface area contributed by atoms with Gasteiger partial charge in [-0.25, -0.2) is 4.98 Å². The zero-order chi connectivity index (χ0) is 14.8. The van der Waals surface area contributed by atoms with E-state index in [9.17, 15) is 0 Å². The highest BCUT2D eigenvalue weighted by atomic mass is 15.1. The molecule has 0 atom stereocenters. The van der Waals surface area contributed by atoms with E-state index in [2.05, 4.69) is 41.6 Å². The van der Waals surface area contributed by atoms with Crippen LogP contribution in [0.1, 0.15) is 24.5 Å². The first-order chi connectivity index (χ1) is 10.2. The summed E-state index contributed by atoms with van der Waals surface area (Å²) in [5.41, 5.74) is 11.0. The Bertz CT molecular complexity index is 756. The van der Waals surface area contributed by atoms with E-state index in [0.717, 1.165) is 35.6 Å². The summed E-state index contributed by atoms with van der Waals surface area (Å²) in [5.74, 6) is 0.932. The van der Waals surface area contributed by atoms with Gasteiger partial charge in [0.05, 0.1) is 11.0 Å². The minimum atomic E-state index is 0.512. The van der Waals surface area contributed by atoms with Gasteiger partial charge in [-0.1, -0.05) is 19.1 Å². The third-order valence-corrected chi connectivity index (χ3v) is 3.64. The van der Waals surface area contributed by atoms with Crippen molar-refractivity contribution in [3.05, 3.63) is 47.7 Å². The third-order valence-electron chi connectivity index (χ3n) is 3.64. The molecule has 4 nitrogen and oxygen atoms in total. The Labute approximate surface area is 124 Å². The Morgan fingerprint density at radius 1 is 1.19 bits per heavy atom. The summed E-state index contributed by atoms with van der Waals surface area (Å²) >= 11 is 0. The summed E-state index contributed by atoms with van der Waals surface area (Å²) in [7, 11) is 0. The highest BCUT2D eigenvalue weighted by molar-refractivity contribution is 5.80.